The van der Waals surface area contributed by atoms with Crippen LogP contribution in [-0.4, -0.2) is 127 Å². The Balaban J connectivity index is 0.000000349. The second-order valence-electron chi connectivity index (χ2n) is 10.5. The van der Waals surface area contributed by atoms with Crippen LogP contribution in [0.4, 0.5) is 26.3 Å². The van der Waals surface area contributed by atoms with Gasteiger partial charge in [0.2, 0.25) is 0 Å². The Labute approximate surface area is 234 Å². The molecule has 3 aliphatic rings. The number of halogens is 6. The summed E-state index contributed by atoms with van der Waals surface area (Å²) in [5, 5.41) is 29.2. The summed E-state index contributed by atoms with van der Waals surface area (Å²) in [5.41, 5.74) is 2.75. The molecule has 0 bridgehead atoms. The molecule has 0 unspecified atom stereocenters. The molecule has 41 heavy (non-hydrogen) atoms. The van der Waals surface area contributed by atoms with E-state index in [0.29, 0.717) is 0 Å². The summed E-state index contributed by atoms with van der Waals surface area (Å²) in [7, 11) is 4.29. The monoisotopic (exact) mass is 600 g/mol. The standard InChI is InChI=1S/C22H36N4O.2C2HF3O2/c1-24(2)12-5-13-25-14-16-26(17-15-25)20-18-6-3-4-7-19(18)22(21(20)27)8-10-23-11-9-22;2*3-2(4,5)1(6)7/h3-4,6-7,20-21,23,27H,5,8-17H2,1-2H3;2*(H,6,7)/t20-,21+;;/m1../s1. The molecule has 2 aliphatic heterocycles. The van der Waals surface area contributed by atoms with Crippen molar-refractivity contribution in [3.05, 3.63) is 35.4 Å². The molecule has 1 aromatic carbocycles. The van der Waals surface area contributed by atoms with Gasteiger partial charge in [-0.25, -0.2) is 9.59 Å². The highest BCUT2D eigenvalue weighted by molar-refractivity contribution is 5.73. The maximum atomic E-state index is 11.5. The van der Waals surface area contributed by atoms with Crippen LogP contribution in [0.5, 0.6) is 0 Å². The van der Waals surface area contributed by atoms with E-state index in [0.717, 1.165) is 58.7 Å². The number of hydrogen-bond acceptors (Lipinski definition) is 7. The van der Waals surface area contributed by atoms with Gasteiger partial charge in [0.25, 0.3) is 0 Å². The van der Waals surface area contributed by atoms with E-state index >= 15 is 0 Å². The molecule has 15 heteroatoms. The maximum Gasteiger partial charge on any atom is 0.490 e. The summed E-state index contributed by atoms with van der Waals surface area (Å²) < 4.78 is 63.5. The van der Waals surface area contributed by atoms with Crippen molar-refractivity contribution in [3.63, 3.8) is 0 Å². The van der Waals surface area contributed by atoms with Crippen LogP contribution >= 0.6 is 0 Å². The number of carbonyl (C=O) groups is 2. The van der Waals surface area contributed by atoms with Crippen molar-refractivity contribution in [1.82, 2.24) is 20.0 Å². The highest BCUT2D eigenvalue weighted by Gasteiger charge is 2.53. The first-order valence-electron chi connectivity index (χ1n) is 13.2. The fraction of sp³-hybridized carbons (Fsp3) is 0.692. The number of aliphatic hydroxyl groups is 1. The summed E-state index contributed by atoms with van der Waals surface area (Å²) in [4.78, 5) is 25.2. The van der Waals surface area contributed by atoms with Gasteiger partial charge in [-0.15, -0.1) is 0 Å². The predicted molar refractivity (Wildman–Crippen MR) is 138 cm³/mol. The molecule has 234 valence electrons. The Hall–Kier alpha value is -2.46. The summed E-state index contributed by atoms with van der Waals surface area (Å²) in [6.07, 6.45) is -7.12. The van der Waals surface area contributed by atoms with Crippen LogP contribution in [-0.2, 0) is 15.0 Å². The van der Waals surface area contributed by atoms with Gasteiger partial charge in [-0.05, 0) is 70.7 Å². The van der Waals surface area contributed by atoms with Crippen molar-refractivity contribution < 1.29 is 51.3 Å². The van der Waals surface area contributed by atoms with E-state index in [2.05, 4.69) is 58.4 Å². The van der Waals surface area contributed by atoms with Crippen molar-refractivity contribution in [1.29, 1.82) is 0 Å². The summed E-state index contributed by atoms with van der Waals surface area (Å²) >= 11 is 0. The second kappa shape index (κ2) is 14.6. The first-order chi connectivity index (χ1) is 19.0. The highest BCUT2D eigenvalue weighted by Crippen LogP contribution is 2.52. The molecule has 1 spiro atoms. The third-order valence-electron chi connectivity index (χ3n) is 7.54. The third-order valence-corrected chi connectivity index (χ3v) is 7.54. The summed E-state index contributed by atoms with van der Waals surface area (Å²) in [6.45, 7) is 8.73. The molecule has 4 rings (SSSR count). The number of fused-ring (bicyclic) bond motifs is 2. The molecule has 0 aromatic heterocycles. The van der Waals surface area contributed by atoms with E-state index in [1.54, 1.807) is 0 Å². The Kier molecular flexibility index (Phi) is 12.4. The lowest BCUT2D eigenvalue weighted by molar-refractivity contribution is -0.193. The summed E-state index contributed by atoms with van der Waals surface area (Å²) in [5.74, 6) is -5.51. The number of carboxylic acids is 2. The minimum atomic E-state index is -5.08. The molecule has 1 aliphatic carbocycles. The van der Waals surface area contributed by atoms with E-state index in [4.69, 9.17) is 19.8 Å². The Morgan fingerprint density at radius 1 is 0.951 bits per heavy atom. The van der Waals surface area contributed by atoms with E-state index in [9.17, 15) is 31.4 Å². The third kappa shape index (κ3) is 9.53. The number of nitrogens with zero attached hydrogens (tertiary/aromatic N) is 3. The number of piperazine rings is 1. The smallest absolute Gasteiger partial charge is 0.475 e. The van der Waals surface area contributed by atoms with Crippen LogP contribution in [0.3, 0.4) is 0 Å². The number of benzene rings is 1. The first-order valence-corrected chi connectivity index (χ1v) is 13.2. The first kappa shape index (κ1) is 34.7. The molecule has 1 aromatic rings. The molecule has 2 atom stereocenters. The number of alkyl halides is 6. The molecule has 9 nitrogen and oxygen atoms in total. The van der Waals surface area contributed by atoms with Gasteiger partial charge in [-0.2, -0.15) is 26.3 Å². The van der Waals surface area contributed by atoms with E-state index in [-0.39, 0.29) is 17.6 Å². The highest BCUT2D eigenvalue weighted by atomic mass is 19.4. The van der Waals surface area contributed by atoms with Crippen LogP contribution in [0.1, 0.15) is 36.4 Å². The molecule has 2 fully saturated rings. The normalized spacial score (nSPS) is 22.8. The van der Waals surface area contributed by atoms with E-state index in [1.165, 1.54) is 24.1 Å². The average molecular weight is 601 g/mol. The van der Waals surface area contributed by atoms with Gasteiger partial charge < -0.3 is 30.4 Å². The van der Waals surface area contributed by atoms with Crippen LogP contribution < -0.4 is 5.32 Å². The predicted octanol–water partition coefficient (Wildman–Crippen LogP) is 2.56. The van der Waals surface area contributed by atoms with Gasteiger partial charge in [-0.3, -0.25) is 4.90 Å². The van der Waals surface area contributed by atoms with Crippen molar-refractivity contribution >= 4 is 11.9 Å². The molecule has 4 N–H and O–H groups in total. The largest absolute Gasteiger partial charge is 0.490 e. The van der Waals surface area contributed by atoms with Gasteiger partial charge in [0.1, 0.15) is 0 Å². The fourth-order valence-electron chi connectivity index (χ4n) is 5.55. The van der Waals surface area contributed by atoms with E-state index < -0.39 is 24.3 Å². The second-order valence-corrected chi connectivity index (χ2v) is 10.5. The van der Waals surface area contributed by atoms with Gasteiger partial charge >= 0.3 is 24.3 Å². The molecule has 0 saturated carbocycles. The van der Waals surface area contributed by atoms with Gasteiger partial charge in [-0.1, -0.05) is 24.3 Å². The van der Waals surface area contributed by atoms with Crippen molar-refractivity contribution in [2.24, 2.45) is 0 Å². The SMILES string of the molecule is CN(C)CCCN1CCN([C@@H]2c3ccccc3C3(CCNCC3)[C@H]2O)CC1.O=C(O)C(F)(F)F.O=C(O)C(F)(F)F. The van der Waals surface area contributed by atoms with Crippen molar-refractivity contribution in [3.8, 4) is 0 Å². The molecule has 2 saturated heterocycles. The van der Waals surface area contributed by atoms with Gasteiger partial charge in [0, 0.05) is 31.6 Å². The average Bonchev–Trinajstić information content (AvgIpc) is 3.12. The molecule has 2 heterocycles. The number of rotatable bonds is 5. The fourth-order valence-corrected chi connectivity index (χ4v) is 5.55. The van der Waals surface area contributed by atoms with Crippen LogP contribution in [0.25, 0.3) is 0 Å². The number of carboxylic acid groups (broad SMARTS) is 2. The zero-order valence-corrected chi connectivity index (χ0v) is 23.0. The summed E-state index contributed by atoms with van der Waals surface area (Å²) in [6, 6.07) is 9.02. The quantitative estimate of drug-likeness (QED) is 0.379. The van der Waals surface area contributed by atoms with Crippen molar-refractivity contribution in [2.75, 3.05) is 66.5 Å². The zero-order chi connectivity index (χ0) is 31.0. The lowest BCUT2D eigenvalue weighted by atomic mass is 9.72. The Morgan fingerprint density at radius 2 is 1.44 bits per heavy atom. The Morgan fingerprint density at radius 3 is 1.90 bits per heavy atom. The lowest BCUT2D eigenvalue weighted by Crippen LogP contribution is -2.53. The van der Waals surface area contributed by atoms with Gasteiger partial charge in [0.15, 0.2) is 0 Å². The van der Waals surface area contributed by atoms with Crippen LogP contribution in [0.2, 0.25) is 0 Å². The van der Waals surface area contributed by atoms with E-state index in [1.807, 2.05) is 0 Å². The minimum Gasteiger partial charge on any atom is -0.475 e. The molecular formula is C26H38F6N4O5. The number of aliphatic carboxylic acids is 2. The Bertz CT molecular complexity index is 969. The minimum absolute atomic E-state index is 0.0463. The number of piperidine rings is 1. The van der Waals surface area contributed by atoms with Crippen LogP contribution in [0.15, 0.2) is 24.3 Å². The number of nitrogens with one attached hydrogen (secondary N) is 1. The van der Waals surface area contributed by atoms with Gasteiger partial charge in [0.05, 0.1) is 12.1 Å². The zero-order valence-electron chi connectivity index (χ0n) is 23.0. The lowest BCUT2D eigenvalue weighted by Gasteiger charge is -2.43. The number of hydrogen-bond donors (Lipinski definition) is 4. The number of aliphatic hydroxyl groups excluding tert-OH is 1. The van der Waals surface area contributed by atoms with Crippen molar-refractivity contribution in [2.45, 2.75) is 49.2 Å². The molecule has 0 amide bonds. The maximum absolute atomic E-state index is 11.5. The topological polar surface area (TPSA) is 117 Å². The molecule has 0 radical (unpaired) electrons. The van der Waals surface area contributed by atoms with Crippen LogP contribution in [0, 0.1) is 0 Å². The molecular weight excluding hydrogens is 562 g/mol.